The normalized spacial score (nSPS) is 10.8. The van der Waals surface area contributed by atoms with Crippen molar-refractivity contribution in [1.29, 1.82) is 5.26 Å². The van der Waals surface area contributed by atoms with E-state index in [1.807, 2.05) is 17.5 Å². The first-order chi connectivity index (χ1) is 15.6. The molecule has 0 aliphatic carbocycles. The maximum atomic E-state index is 13.0. The van der Waals surface area contributed by atoms with Gasteiger partial charge in [0.2, 0.25) is 0 Å². The van der Waals surface area contributed by atoms with Crippen LogP contribution in [0.25, 0.3) is 32.8 Å². The van der Waals surface area contributed by atoms with Gasteiger partial charge in [-0.2, -0.15) is 5.26 Å². The van der Waals surface area contributed by atoms with Gasteiger partial charge in [-0.05, 0) is 24.3 Å². The van der Waals surface area contributed by atoms with Crippen LogP contribution in [0.3, 0.4) is 0 Å². The van der Waals surface area contributed by atoms with Crippen LogP contribution >= 0.6 is 22.7 Å². The highest BCUT2D eigenvalue weighted by molar-refractivity contribution is 7.21. The fraction of sp³-hybridized carbons (Fsp3) is 0. The molecule has 0 aliphatic heterocycles. The van der Waals surface area contributed by atoms with Crippen molar-refractivity contribution in [2.45, 2.75) is 0 Å². The number of carbonyl (C=O) groups is 1. The quantitative estimate of drug-likeness (QED) is 0.358. The van der Waals surface area contributed by atoms with Crippen molar-refractivity contribution in [3.63, 3.8) is 0 Å². The Hall–Kier alpha value is -4.27. The van der Waals surface area contributed by atoms with Crippen molar-refractivity contribution in [1.82, 2.24) is 15.0 Å². The van der Waals surface area contributed by atoms with Gasteiger partial charge in [0.25, 0.3) is 5.91 Å². The summed E-state index contributed by atoms with van der Waals surface area (Å²) in [5, 5.41) is 15.1. The van der Waals surface area contributed by atoms with Gasteiger partial charge in [-0.1, -0.05) is 0 Å². The first-order valence-corrected chi connectivity index (χ1v) is 10.9. The van der Waals surface area contributed by atoms with Gasteiger partial charge in [0, 0.05) is 28.7 Å². The minimum absolute atomic E-state index is 0.0423. The van der Waals surface area contributed by atoms with Crippen LogP contribution in [-0.4, -0.2) is 20.9 Å². The number of hydrogen-bond acceptors (Lipinski definition) is 10. The fourth-order valence-electron chi connectivity index (χ4n) is 3.25. The number of carbonyl (C=O) groups excluding carboxylic acids is 1. The maximum absolute atomic E-state index is 13.0. The molecule has 0 saturated carbocycles. The molecule has 32 heavy (non-hydrogen) atoms. The second-order valence-electron chi connectivity index (χ2n) is 6.59. The monoisotopic (exact) mass is 459 g/mol. The van der Waals surface area contributed by atoms with E-state index >= 15 is 0 Å². The molecule has 0 unspecified atom stereocenters. The zero-order valence-electron chi connectivity index (χ0n) is 16.2. The summed E-state index contributed by atoms with van der Waals surface area (Å²) in [4.78, 5) is 26.5. The van der Waals surface area contributed by atoms with Crippen molar-refractivity contribution in [2.24, 2.45) is 0 Å². The van der Waals surface area contributed by atoms with Crippen molar-refractivity contribution in [3.05, 3.63) is 58.7 Å². The smallest absolute Gasteiger partial charge is 0.269 e. The van der Waals surface area contributed by atoms with Gasteiger partial charge < -0.3 is 15.9 Å². The third-order valence-corrected chi connectivity index (χ3v) is 6.53. The van der Waals surface area contributed by atoms with E-state index in [0.717, 1.165) is 16.9 Å². The number of fused-ring (bicyclic) bond motifs is 1. The Labute approximate surface area is 189 Å². The number of furan rings is 1. The van der Waals surface area contributed by atoms with Gasteiger partial charge >= 0.3 is 0 Å². The fourth-order valence-corrected chi connectivity index (χ4v) is 4.97. The van der Waals surface area contributed by atoms with E-state index in [0.29, 0.717) is 32.4 Å². The third-order valence-electron chi connectivity index (χ3n) is 4.67. The molecule has 0 atom stereocenters. The lowest BCUT2D eigenvalue weighted by Gasteiger charge is -2.06. The SMILES string of the molecule is N#Cc1c(N)nc2sc(C(=O)Nc3nc(-c4cccnc4)cs3)c(N)c2c1-c1ccco1. The highest BCUT2D eigenvalue weighted by atomic mass is 32.1. The lowest BCUT2D eigenvalue weighted by molar-refractivity contribution is 0.103. The first kappa shape index (κ1) is 19.7. The standard InChI is InChI=1S/C21H13N7O2S2/c22-7-11-14(13-4-2-6-30-13)15-16(23)17(32-20(15)27-18(11)24)19(29)28-21-26-12(9-31-21)10-3-1-5-25-8-10/h1-6,8-9H,23H2,(H2,24,27)(H,26,28,29). The second kappa shape index (κ2) is 7.77. The summed E-state index contributed by atoms with van der Waals surface area (Å²) in [6, 6.07) is 9.14. The summed E-state index contributed by atoms with van der Waals surface area (Å²) in [7, 11) is 0. The summed E-state index contributed by atoms with van der Waals surface area (Å²) >= 11 is 2.38. The highest BCUT2D eigenvalue weighted by Crippen LogP contribution is 2.43. The lowest BCUT2D eigenvalue weighted by atomic mass is 10.0. The summed E-state index contributed by atoms with van der Waals surface area (Å²) in [6.45, 7) is 0. The largest absolute Gasteiger partial charge is 0.464 e. The molecule has 9 nitrogen and oxygen atoms in total. The molecule has 0 saturated heterocycles. The molecule has 11 heteroatoms. The molecule has 0 aliphatic rings. The van der Waals surface area contributed by atoms with Crippen LogP contribution in [0.2, 0.25) is 0 Å². The molecule has 5 N–H and O–H groups in total. The third kappa shape index (κ3) is 3.24. The number of thiophene rings is 1. The molecule has 156 valence electrons. The van der Waals surface area contributed by atoms with Gasteiger partial charge in [-0.3, -0.25) is 15.1 Å². The van der Waals surface area contributed by atoms with Crippen LogP contribution in [0, 0.1) is 11.3 Å². The molecule has 5 heterocycles. The Kier molecular flexibility index (Phi) is 4.78. The number of nitrogen functional groups attached to an aromatic ring is 2. The van der Waals surface area contributed by atoms with Crippen molar-refractivity contribution >= 4 is 55.4 Å². The predicted molar refractivity (Wildman–Crippen MR) is 124 cm³/mol. The minimum atomic E-state index is -0.430. The highest BCUT2D eigenvalue weighted by Gasteiger charge is 2.25. The number of nitrogens with zero attached hydrogens (tertiary/aromatic N) is 4. The van der Waals surface area contributed by atoms with E-state index in [-0.39, 0.29) is 21.9 Å². The molecule has 5 aromatic rings. The zero-order valence-corrected chi connectivity index (χ0v) is 17.8. The number of nitriles is 1. The summed E-state index contributed by atoms with van der Waals surface area (Å²) in [5.74, 6) is 0.0267. The molecule has 0 spiro atoms. The topological polar surface area (TPSA) is 157 Å². The summed E-state index contributed by atoms with van der Waals surface area (Å²) in [5.41, 5.74) is 14.7. The van der Waals surface area contributed by atoms with E-state index in [4.69, 9.17) is 15.9 Å². The van der Waals surface area contributed by atoms with Gasteiger partial charge in [0.1, 0.15) is 32.9 Å². The maximum Gasteiger partial charge on any atom is 0.269 e. The number of thiazole rings is 1. The average Bonchev–Trinajstić information content (AvgIpc) is 3.54. The average molecular weight is 460 g/mol. The van der Waals surface area contributed by atoms with Crippen LogP contribution in [0.15, 0.2) is 52.7 Å². The van der Waals surface area contributed by atoms with E-state index in [2.05, 4.69) is 26.3 Å². The van der Waals surface area contributed by atoms with Crippen LogP contribution < -0.4 is 16.8 Å². The summed E-state index contributed by atoms with van der Waals surface area (Å²) in [6.07, 6.45) is 4.86. The Morgan fingerprint density at radius 2 is 2.09 bits per heavy atom. The molecule has 0 fully saturated rings. The van der Waals surface area contributed by atoms with Crippen molar-refractivity contribution in [3.8, 4) is 28.7 Å². The molecule has 0 bridgehead atoms. The first-order valence-electron chi connectivity index (χ1n) is 9.19. The number of anilines is 3. The number of amides is 1. The molecule has 0 radical (unpaired) electrons. The van der Waals surface area contributed by atoms with Crippen molar-refractivity contribution in [2.75, 3.05) is 16.8 Å². The number of nitrogens with two attached hydrogens (primary N) is 2. The molecule has 1 amide bonds. The Morgan fingerprint density at radius 1 is 1.22 bits per heavy atom. The van der Waals surface area contributed by atoms with Gasteiger partial charge in [-0.25, -0.2) is 9.97 Å². The lowest BCUT2D eigenvalue weighted by Crippen LogP contribution is -2.11. The van der Waals surface area contributed by atoms with E-state index in [1.54, 1.807) is 24.5 Å². The van der Waals surface area contributed by atoms with E-state index < -0.39 is 5.91 Å². The predicted octanol–water partition coefficient (Wildman–Crippen LogP) is 4.36. The Bertz CT molecular complexity index is 1500. The van der Waals surface area contributed by atoms with Gasteiger partial charge in [0.15, 0.2) is 5.13 Å². The molecule has 5 aromatic heterocycles. The van der Waals surface area contributed by atoms with Gasteiger partial charge in [-0.15, -0.1) is 22.7 Å². The number of nitrogens with one attached hydrogen (secondary N) is 1. The van der Waals surface area contributed by atoms with Crippen LogP contribution in [0.4, 0.5) is 16.6 Å². The van der Waals surface area contributed by atoms with Crippen molar-refractivity contribution < 1.29 is 9.21 Å². The zero-order chi connectivity index (χ0) is 22.2. The molecular formula is C21H13N7O2S2. The number of hydrogen-bond donors (Lipinski definition) is 3. The number of aromatic nitrogens is 3. The van der Waals surface area contributed by atoms with E-state index in [1.165, 1.54) is 17.6 Å². The second-order valence-corrected chi connectivity index (χ2v) is 8.45. The van der Waals surface area contributed by atoms with Crippen LogP contribution in [-0.2, 0) is 0 Å². The Balaban J connectivity index is 1.55. The molecular weight excluding hydrogens is 446 g/mol. The number of pyridine rings is 2. The number of rotatable bonds is 4. The van der Waals surface area contributed by atoms with Crippen LogP contribution in [0.1, 0.15) is 15.2 Å². The van der Waals surface area contributed by atoms with E-state index in [9.17, 15) is 10.1 Å². The minimum Gasteiger partial charge on any atom is -0.464 e. The molecule has 5 rings (SSSR count). The van der Waals surface area contributed by atoms with Gasteiger partial charge in [0.05, 0.1) is 23.2 Å². The Morgan fingerprint density at radius 3 is 2.81 bits per heavy atom. The summed E-state index contributed by atoms with van der Waals surface area (Å²) < 4.78 is 5.49. The molecule has 0 aromatic carbocycles. The van der Waals surface area contributed by atoms with Crippen LogP contribution in [0.5, 0.6) is 0 Å².